The minimum absolute atomic E-state index is 0.00942. The highest BCUT2D eigenvalue weighted by molar-refractivity contribution is 6.04. The molecule has 3 aliphatic heterocycles. The second-order valence-electron chi connectivity index (χ2n) is 11.7. The highest BCUT2D eigenvalue weighted by Crippen LogP contribution is 2.64. The van der Waals surface area contributed by atoms with Crippen LogP contribution in [0.5, 0.6) is 5.75 Å². The number of methoxy groups -OCH3 is 1. The molecule has 1 N–H and O–H groups in total. The molecular formula is C27H33N3O4. The van der Waals surface area contributed by atoms with Crippen molar-refractivity contribution in [3.8, 4) is 5.75 Å². The van der Waals surface area contributed by atoms with E-state index in [1.54, 1.807) is 12.0 Å². The minimum Gasteiger partial charge on any atom is -0.497 e. The second-order valence-corrected chi connectivity index (χ2v) is 11.7. The Morgan fingerprint density at radius 2 is 1.91 bits per heavy atom. The van der Waals surface area contributed by atoms with Gasteiger partial charge in [-0.05, 0) is 61.8 Å². The molecule has 4 bridgehead atoms. The number of fused-ring (bicyclic) bond motifs is 3. The molecule has 1 aromatic rings. The summed E-state index contributed by atoms with van der Waals surface area (Å²) in [6.07, 6.45) is 7.19. The third kappa shape index (κ3) is 2.59. The molecule has 1 spiro atoms. The lowest BCUT2D eigenvalue weighted by Crippen LogP contribution is -2.47. The van der Waals surface area contributed by atoms with Gasteiger partial charge in [0, 0.05) is 16.8 Å². The molecule has 180 valence electrons. The zero-order valence-corrected chi connectivity index (χ0v) is 20.6. The number of hydrazone groups is 1. The van der Waals surface area contributed by atoms with Crippen LogP contribution in [0.1, 0.15) is 47.0 Å². The van der Waals surface area contributed by atoms with E-state index in [0.717, 1.165) is 30.0 Å². The molecule has 5 aliphatic rings. The number of nitrogens with zero attached hydrogens (tertiary/aromatic N) is 2. The van der Waals surface area contributed by atoms with Gasteiger partial charge in [0.2, 0.25) is 11.8 Å². The van der Waals surface area contributed by atoms with E-state index in [0.29, 0.717) is 12.5 Å². The normalized spacial score (nSPS) is 42.0. The van der Waals surface area contributed by atoms with Crippen molar-refractivity contribution in [3.05, 3.63) is 36.4 Å². The molecule has 2 saturated carbocycles. The average Bonchev–Trinajstić information content (AvgIpc) is 3.50. The van der Waals surface area contributed by atoms with Crippen LogP contribution in [0.3, 0.4) is 0 Å². The van der Waals surface area contributed by atoms with Crippen LogP contribution < -0.4 is 15.1 Å². The van der Waals surface area contributed by atoms with Gasteiger partial charge in [-0.1, -0.05) is 32.9 Å². The molecule has 2 aliphatic carbocycles. The summed E-state index contributed by atoms with van der Waals surface area (Å²) in [5, 5.41) is 4.66. The van der Waals surface area contributed by atoms with Crippen molar-refractivity contribution < 1.29 is 19.1 Å². The maximum Gasteiger partial charge on any atom is 0.247 e. The molecule has 2 amide bonds. The predicted molar refractivity (Wildman–Crippen MR) is 128 cm³/mol. The lowest BCUT2D eigenvalue weighted by Gasteiger charge is -2.34. The van der Waals surface area contributed by atoms with Crippen LogP contribution in [0.15, 0.2) is 41.5 Å². The van der Waals surface area contributed by atoms with Crippen LogP contribution >= 0.6 is 0 Å². The number of rotatable bonds is 4. The molecule has 0 radical (unpaired) electrons. The smallest absolute Gasteiger partial charge is 0.247 e. The Labute approximate surface area is 200 Å². The van der Waals surface area contributed by atoms with Crippen molar-refractivity contribution in [3.63, 3.8) is 0 Å². The average molecular weight is 464 g/mol. The van der Waals surface area contributed by atoms with Crippen LogP contribution in [-0.4, -0.2) is 42.4 Å². The molecule has 7 heteroatoms. The van der Waals surface area contributed by atoms with Gasteiger partial charge in [-0.3, -0.25) is 9.59 Å². The first-order valence-electron chi connectivity index (χ1n) is 12.3. The molecule has 3 heterocycles. The van der Waals surface area contributed by atoms with Gasteiger partial charge in [-0.2, -0.15) is 5.10 Å². The third-order valence-corrected chi connectivity index (χ3v) is 10.0. The van der Waals surface area contributed by atoms with E-state index in [1.807, 2.05) is 43.3 Å². The van der Waals surface area contributed by atoms with Gasteiger partial charge in [0.25, 0.3) is 0 Å². The van der Waals surface area contributed by atoms with Gasteiger partial charge in [0.15, 0.2) is 0 Å². The summed E-state index contributed by atoms with van der Waals surface area (Å²) in [5.41, 5.74) is 3.32. The minimum atomic E-state index is -0.811. The summed E-state index contributed by atoms with van der Waals surface area (Å²) >= 11 is 0. The van der Waals surface area contributed by atoms with E-state index in [-0.39, 0.29) is 22.6 Å². The van der Waals surface area contributed by atoms with Gasteiger partial charge in [-0.15, -0.1) is 0 Å². The molecule has 4 fully saturated rings. The Hall–Kier alpha value is -2.67. The van der Waals surface area contributed by atoms with Crippen LogP contribution in [0.2, 0.25) is 0 Å². The number of carbonyl (C=O) groups is 2. The first-order valence-corrected chi connectivity index (χ1v) is 12.3. The summed E-state index contributed by atoms with van der Waals surface area (Å²) < 4.78 is 11.7. The Kier molecular flexibility index (Phi) is 4.31. The Morgan fingerprint density at radius 3 is 2.53 bits per heavy atom. The van der Waals surface area contributed by atoms with Gasteiger partial charge in [0.1, 0.15) is 11.4 Å². The number of carbonyl (C=O) groups excluding carboxylic acids is 2. The number of ether oxygens (including phenoxy) is 2. The van der Waals surface area contributed by atoms with Crippen molar-refractivity contribution in [1.29, 1.82) is 0 Å². The molecular weight excluding hydrogens is 430 g/mol. The summed E-state index contributed by atoms with van der Waals surface area (Å²) in [6.45, 7) is 9.21. The first-order chi connectivity index (χ1) is 16.0. The molecule has 6 rings (SSSR count). The van der Waals surface area contributed by atoms with Gasteiger partial charge < -0.3 is 14.4 Å². The van der Waals surface area contributed by atoms with Crippen LogP contribution in [0.25, 0.3) is 0 Å². The predicted octanol–water partition coefficient (Wildman–Crippen LogP) is 3.69. The molecule has 0 aromatic heterocycles. The second kappa shape index (κ2) is 6.72. The number of nitrogens with one attached hydrogen (secondary N) is 1. The van der Waals surface area contributed by atoms with E-state index < -0.39 is 23.0 Å². The highest BCUT2D eigenvalue weighted by Gasteiger charge is 2.71. The molecule has 1 aromatic carbocycles. The fraction of sp³-hybridized carbons (Fsp3) is 0.593. The van der Waals surface area contributed by atoms with Crippen LogP contribution in [0.4, 0.5) is 5.69 Å². The number of anilines is 1. The monoisotopic (exact) mass is 463 g/mol. The topological polar surface area (TPSA) is 80.2 Å². The summed E-state index contributed by atoms with van der Waals surface area (Å²) in [6, 6.07) is 7.40. The molecule has 6 atom stereocenters. The number of benzene rings is 1. The summed E-state index contributed by atoms with van der Waals surface area (Å²) in [5.74, 6) is -0.183. The van der Waals surface area contributed by atoms with Crippen molar-refractivity contribution in [1.82, 2.24) is 5.43 Å². The standard InChI is InChI=1S/C27H33N3O4/c1-24(2)16-10-11-25(24,3)19(14-16)28-29-22(31)20-21-23(32)30(17-6-8-18(33-5)9-7-17)15-27(21)13-12-26(20,4)34-27/h6-9,12-13,16,20-21H,10-11,14-15H2,1-5H3,(H,29,31)/b28-19+/t16-,20?,21?,25+,26?,27?/m1/s1. The van der Waals surface area contributed by atoms with E-state index in [1.165, 1.54) is 6.42 Å². The molecule has 4 unspecified atom stereocenters. The first kappa shape index (κ1) is 21.8. The van der Waals surface area contributed by atoms with E-state index in [4.69, 9.17) is 9.47 Å². The number of hydrogen-bond acceptors (Lipinski definition) is 5. The maximum atomic E-state index is 13.6. The fourth-order valence-corrected chi connectivity index (χ4v) is 7.44. The van der Waals surface area contributed by atoms with Crippen molar-refractivity contribution in [2.24, 2.45) is 33.7 Å². The summed E-state index contributed by atoms with van der Waals surface area (Å²) in [7, 11) is 1.61. The SMILES string of the molecule is COc1ccc(N2CC34C=CC(C)(O3)C(C(=O)N/N=C3\C[C@H]5CC[C@]3(C)C5(C)C)C4C2=O)cc1. The van der Waals surface area contributed by atoms with E-state index in [9.17, 15) is 9.59 Å². The van der Waals surface area contributed by atoms with Crippen molar-refractivity contribution in [2.45, 2.75) is 58.2 Å². The fourth-order valence-electron chi connectivity index (χ4n) is 7.44. The highest BCUT2D eigenvalue weighted by atomic mass is 16.5. The van der Waals surface area contributed by atoms with E-state index in [2.05, 4.69) is 31.3 Å². The Morgan fingerprint density at radius 1 is 1.18 bits per heavy atom. The largest absolute Gasteiger partial charge is 0.497 e. The zero-order valence-electron chi connectivity index (χ0n) is 20.6. The quantitative estimate of drug-likeness (QED) is 0.546. The summed E-state index contributed by atoms with van der Waals surface area (Å²) in [4.78, 5) is 28.9. The maximum absolute atomic E-state index is 13.6. The Bertz CT molecular complexity index is 1140. The van der Waals surface area contributed by atoms with Gasteiger partial charge in [-0.25, -0.2) is 5.43 Å². The van der Waals surface area contributed by atoms with Gasteiger partial charge >= 0.3 is 0 Å². The Balaban J connectivity index is 1.27. The lowest BCUT2D eigenvalue weighted by atomic mass is 9.70. The number of amides is 2. The van der Waals surface area contributed by atoms with Crippen molar-refractivity contribution in [2.75, 3.05) is 18.6 Å². The molecule has 34 heavy (non-hydrogen) atoms. The lowest BCUT2D eigenvalue weighted by molar-refractivity contribution is -0.133. The molecule has 7 nitrogen and oxygen atoms in total. The van der Waals surface area contributed by atoms with Crippen LogP contribution in [-0.2, 0) is 14.3 Å². The third-order valence-electron chi connectivity index (χ3n) is 10.0. The van der Waals surface area contributed by atoms with E-state index >= 15 is 0 Å². The zero-order chi connectivity index (χ0) is 24.1. The van der Waals surface area contributed by atoms with Crippen LogP contribution in [0, 0.1) is 28.6 Å². The van der Waals surface area contributed by atoms with Gasteiger partial charge in [0.05, 0.1) is 31.1 Å². The molecule has 2 saturated heterocycles. The number of hydrogen-bond donors (Lipinski definition) is 1. The van der Waals surface area contributed by atoms with Crippen molar-refractivity contribution >= 4 is 23.2 Å².